The monoisotopic (exact) mass is 1060 g/mol. The molecule has 0 saturated heterocycles. The lowest BCUT2D eigenvalue weighted by atomic mass is 9.98. The smallest absolute Gasteiger partial charge is 0.325 e. The van der Waals surface area contributed by atoms with Crippen LogP contribution in [-0.4, -0.2) is 141 Å². The van der Waals surface area contributed by atoms with Gasteiger partial charge in [-0.3, -0.25) is 47.9 Å². The zero-order valence-corrected chi connectivity index (χ0v) is 46.0. The van der Waals surface area contributed by atoms with Crippen LogP contribution in [0.5, 0.6) is 0 Å². The first kappa shape index (κ1) is 64.5. The van der Waals surface area contributed by atoms with E-state index in [2.05, 4.69) is 52.8 Å². The predicted octanol–water partition coefficient (Wildman–Crippen LogP) is 0.234. The maximum atomic E-state index is 13.8. The molecule has 0 bridgehead atoms. The van der Waals surface area contributed by atoms with Gasteiger partial charge in [-0.2, -0.15) is 0 Å². The highest BCUT2D eigenvalue weighted by atomic mass is 16.4. The first-order valence-electron chi connectivity index (χ1n) is 25.8. The largest absolute Gasteiger partial charge is 0.480 e. The average molecular weight is 1060 g/mol. The molecule has 0 spiro atoms. The van der Waals surface area contributed by atoms with Gasteiger partial charge >= 0.3 is 5.97 Å². The third-order valence-electron chi connectivity index (χ3n) is 12.4. The first-order valence-corrected chi connectivity index (χ1v) is 25.8. The van der Waals surface area contributed by atoms with E-state index < -0.39 is 143 Å². The van der Waals surface area contributed by atoms with Crippen LogP contribution in [0.4, 0.5) is 0 Å². The fourth-order valence-electron chi connectivity index (χ4n) is 7.86. The van der Waals surface area contributed by atoms with Crippen molar-refractivity contribution in [2.24, 2.45) is 41.2 Å². The molecular weight excluding hydrogens is 971 g/mol. The molecule has 2 rings (SSSR count). The van der Waals surface area contributed by atoms with E-state index in [1.54, 1.807) is 47.7 Å². The third kappa shape index (κ3) is 20.6. The van der Waals surface area contributed by atoms with Gasteiger partial charge in [0.05, 0.1) is 18.1 Å². The summed E-state index contributed by atoms with van der Waals surface area (Å²) in [5.41, 5.74) is 8.04. The summed E-state index contributed by atoms with van der Waals surface area (Å²) in [4.78, 5) is 136. The standard InChI is InChI=1S/C52H85N11O12/c1-24(2)19-37(46(68)61-40(27(7)8)49(71)56-30(12)44(66)60-39(26(5)6)50(72)57-31(13)52(74)75)58-43(65)29(11)22-55-48(70)42(32(14)64)63-51(73)41(28(9)10)62-47(69)38(20-25(3)4)59-45(67)35(53)21-33-23-54-36-18-16-15-17-34(33)36/h15-18,23-32,35,37-42,54,64H,19-22,53H2,1-14H3,(H,55,70)(H,56,71)(H,57,72)(H,58,65)(H,59,67)(H,60,66)(H,61,68)(H,62,69)(H,63,73)(H,74,75)/t29-,30-,31-,32-,35+,37-,38-,39+,40+,41+,42+/m1/s1. The van der Waals surface area contributed by atoms with E-state index in [9.17, 15) is 58.2 Å². The molecule has 1 aromatic heterocycles. The number of hydrogen-bond acceptors (Lipinski definition) is 12. The number of aromatic amines is 1. The van der Waals surface area contributed by atoms with Crippen LogP contribution in [0.25, 0.3) is 10.9 Å². The number of benzene rings is 1. The van der Waals surface area contributed by atoms with Crippen LogP contribution in [-0.2, 0) is 54.4 Å². The van der Waals surface area contributed by atoms with Crippen molar-refractivity contribution in [3.63, 3.8) is 0 Å². The van der Waals surface area contributed by atoms with E-state index in [0.717, 1.165) is 16.5 Å². The number of carboxylic acid groups (broad SMARTS) is 1. The molecule has 23 heteroatoms. The number of carbonyl (C=O) groups excluding carboxylic acids is 9. The number of aliphatic carboxylic acids is 1. The summed E-state index contributed by atoms with van der Waals surface area (Å²) in [7, 11) is 0. The molecule has 0 unspecified atom stereocenters. The second kappa shape index (κ2) is 30.1. The van der Waals surface area contributed by atoms with Gasteiger partial charge in [-0.05, 0) is 81.3 Å². The Balaban J connectivity index is 2.10. The van der Waals surface area contributed by atoms with Crippen molar-refractivity contribution in [2.75, 3.05) is 6.54 Å². The summed E-state index contributed by atoms with van der Waals surface area (Å²) in [6.07, 6.45) is 0.911. The zero-order chi connectivity index (χ0) is 57.2. The molecule has 0 radical (unpaired) electrons. The molecule has 1 aromatic carbocycles. The number of aliphatic hydroxyl groups is 1. The number of nitrogens with two attached hydrogens (primary N) is 1. The number of nitrogens with one attached hydrogen (secondary N) is 10. The highest BCUT2D eigenvalue weighted by Gasteiger charge is 2.36. The van der Waals surface area contributed by atoms with Gasteiger partial charge in [-0.25, -0.2) is 0 Å². The van der Waals surface area contributed by atoms with Crippen LogP contribution in [0.1, 0.15) is 115 Å². The summed E-state index contributed by atoms with van der Waals surface area (Å²) < 4.78 is 0. The first-order chi connectivity index (χ1) is 34.9. The fraction of sp³-hybridized carbons (Fsp3) is 0.654. The molecule has 14 N–H and O–H groups in total. The van der Waals surface area contributed by atoms with E-state index >= 15 is 0 Å². The number of para-hydroxylation sites is 1. The number of rotatable bonds is 30. The van der Waals surface area contributed by atoms with Gasteiger partial charge in [-0.15, -0.1) is 0 Å². The van der Waals surface area contributed by atoms with Gasteiger partial charge in [-0.1, -0.05) is 94.4 Å². The van der Waals surface area contributed by atoms with Crippen LogP contribution in [0.2, 0.25) is 0 Å². The summed E-state index contributed by atoms with van der Waals surface area (Å²) in [5, 5.41) is 44.1. The second-order valence-electron chi connectivity index (χ2n) is 21.4. The predicted molar refractivity (Wildman–Crippen MR) is 282 cm³/mol. The molecule has 75 heavy (non-hydrogen) atoms. The SMILES string of the molecule is CC(C)C[C@@H](NC(=O)[C@H](C)CNC(=O)[C@@H](NC(=O)[C@@H](NC(=O)[C@@H](CC(C)C)NC(=O)[C@@H](N)Cc1c[nH]c2ccccc12)C(C)C)[C@@H](C)O)C(=O)N[C@H](C(=O)N[C@H](C)C(=O)N[C@H](C(=O)N[C@H](C)C(=O)O)C(C)C)C(C)C. The minimum Gasteiger partial charge on any atom is -0.480 e. The Kier molecular flexibility index (Phi) is 25.9. The van der Waals surface area contributed by atoms with Gasteiger partial charge in [0.2, 0.25) is 53.2 Å². The third-order valence-corrected chi connectivity index (χ3v) is 12.4. The van der Waals surface area contributed by atoms with E-state index in [4.69, 9.17) is 5.73 Å². The van der Waals surface area contributed by atoms with Gasteiger partial charge in [0.15, 0.2) is 0 Å². The summed E-state index contributed by atoms with van der Waals surface area (Å²) >= 11 is 0. The molecular formula is C52H85N11O12. The number of carbonyl (C=O) groups is 10. The fourth-order valence-corrected chi connectivity index (χ4v) is 7.86. The number of hydrogen-bond donors (Lipinski definition) is 13. The number of amides is 9. The number of aliphatic hydroxyl groups excluding tert-OH is 1. The van der Waals surface area contributed by atoms with E-state index in [1.165, 1.54) is 27.7 Å². The van der Waals surface area contributed by atoms with Crippen LogP contribution in [0.15, 0.2) is 30.5 Å². The normalized spacial score (nSPS) is 16.0. The molecule has 0 fully saturated rings. The van der Waals surface area contributed by atoms with Gasteiger partial charge < -0.3 is 68.8 Å². The molecule has 9 amide bonds. The van der Waals surface area contributed by atoms with Crippen LogP contribution >= 0.6 is 0 Å². The Morgan fingerprint density at radius 2 is 0.933 bits per heavy atom. The second-order valence-corrected chi connectivity index (χ2v) is 21.4. The lowest BCUT2D eigenvalue weighted by Gasteiger charge is -2.29. The molecule has 0 aliphatic carbocycles. The minimum atomic E-state index is -1.53. The Morgan fingerprint density at radius 3 is 1.39 bits per heavy atom. The van der Waals surface area contributed by atoms with Crippen molar-refractivity contribution >= 4 is 70.0 Å². The minimum absolute atomic E-state index is 0.0511. The number of fused-ring (bicyclic) bond motifs is 1. The molecule has 11 atom stereocenters. The average Bonchev–Trinajstić information content (AvgIpc) is 3.72. The molecule has 420 valence electrons. The Morgan fingerprint density at radius 1 is 0.507 bits per heavy atom. The van der Waals surface area contributed by atoms with Crippen molar-refractivity contribution in [1.82, 2.24) is 52.8 Å². The summed E-state index contributed by atoms with van der Waals surface area (Å²) in [6.45, 7) is 22.5. The van der Waals surface area contributed by atoms with E-state index in [0.29, 0.717) is 0 Å². The lowest BCUT2D eigenvalue weighted by Crippen LogP contribution is -2.61. The highest BCUT2D eigenvalue weighted by molar-refractivity contribution is 5.97. The van der Waals surface area contributed by atoms with Crippen molar-refractivity contribution in [2.45, 2.75) is 177 Å². The van der Waals surface area contributed by atoms with Crippen LogP contribution in [0, 0.1) is 35.5 Å². The van der Waals surface area contributed by atoms with Crippen LogP contribution in [0.3, 0.4) is 0 Å². The summed E-state index contributed by atoms with van der Waals surface area (Å²) in [5.74, 6) is -10.2. The number of carboxylic acids is 1. The lowest BCUT2D eigenvalue weighted by molar-refractivity contribution is -0.142. The molecule has 0 aliphatic rings. The maximum absolute atomic E-state index is 13.8. The molecule has 1 heterocycles. The van der Waals surface area contributed by atoms with Crippen molar-refractivity contribution in [1.29, 1.82) is 0 Å². The maximum Gasteiger partial charge on any atom is 0.325 e. The van der Waals surface area contributed by atoms with E-state index in [-0.39, 0.29) is 37.6 Å². The van der Waals surface area contributed by atoms with E-state index in [1.807, 2.05) is 52.0 Å². The molecule has 2 aromatic rings. The zero-order valence-electron chi connectivity index (χ0n) is 46.0. The number of aromatic nitrogens is 1. The van der Waals surface area contributed by atoms with Gasteiger partial charge in [0, 0.05) is 23.6 Å². The Hall–Kier alpha value is -6.62. The molecule has 0 aliphatic heterocycles. The van der Waals surface area contributed by atoms with Gasteiger partial charge in [0.25, 0.3) is 0 Å². The van der Waals surface area contributed by atoms with Crippen molar-refractivity contribution in [3.05, 3.63) is 36.0 Å². The quantitative estimate of drug-likeness (QED) is 0.0499. The highest BCUT2D eigenvalue weighted by Crippen LogP contribution is 2.19. The summed E-state index contributed by atoms with van der Waals surface area (Å²) in [6, 6.07) is -3.07. The molecule has 23 nitrogen and oxygen atoms in total. The molecule has 0 saturated carbocycles. The van der Waals surface area contributed by atoms with Crippen molar-refractivity contribution in [3.8, 4) is 0 Å². The topological polar surface area (TPSA) is 361 Å². The Labute approximate surface area is 440 Å². The van der Waals surface area contributed by atoms with Crippen LogP contribution < -0.4 is 53.6 Å². The number of H-pyrrole nitrogens is 1. The van der Waals surface area contributed by atoms with Crippen molar-refractivity contribution < 1.29 is 58.2 Å². The van der Waals surface area contributed by atoms with Gasteiger partial charge in [0.1, 0.15) is 48.3 Å². The Bertz CT molecular complexity index is 2300.